The van der Waals surface area contributed by atoms with Gasteiger partial charge in [-0.2, -0.15) is 0 Å². The van der Waals surface area contributed by atoms with Crippen LogP contribution in [0.1, 0.15) is 0 Å². The van der Waals surface area contributed by atoms with Crippen molar-refractivity contribution in [1.82, 2.24) is 0 Å². The Labute approximate surface area is 88.7 Å². The number of hydrogen-bond acceptors (Lipinski definition) is 2. The number of thioether (sulfide) groups is 1. The second-order valence-corrected chi connectivity index (χ2v) is 4.28. The first-order chi connectivity index (χ1) is 6.27. The van der Waals surface area contributed by atoms with Crippen LogP contribution in [0.4, 0.5) is 10.1 Å². The van der Waals surface area contributed by atoms with Crippen molar-refractivity contribution in [3.8, 4) is 0 Å². The second-order valence-electron chi connectivity index (χ2n) is 2.64. The summed E-state index contributed by atoms with van der Waals surface area (Å²) in [6, 6.07) is 6.59. The van der Waals surface area contributed by atoms with Crippen LogP contribution in [0.15, 0.2) is 34.3 Å². The van der Waals surface area contributed by atoms with E-state index in [1.54, 1.807) is 17.8 Å². The highest BCUT2D eigenvalue weighted by atomic mass is 79.9. The summed E-state index contributed by atoms with van der Waals surface area (Å²) < 4.78 is 13.9. The van der Waals surface area contributed by atoms with Gasteiger partial charge in [0.15, 0.2) is 0 Å². The highest BCUT2D eigenvalue weighted by Crippen LogP contribution is 2.32. The minimum atomic E-state index is -0.199. The van der Waals surface area contributed by atoms with Crippen molar-refractivity contribution in [2.45, 2.75) is 0 Å². The molecule has 1 aromatic carbocycles. The first-order valence-corrected chi connectivity index (χ1v) is 5.62. The summed E-state index contributed by atoms with van der Waals surface area (Å²) in [5, 5.41) is 2.00. The number of halogens is 2. The van der Waals surface area contributed by atoms with Crippen LogP contribution < -0.4 is 4.90 Å². The van der Waals surface area contributed by atoms with Gasteiger partial charge in [0.25, 0.3) is 0 Å². The molecule has 1 nitrogen and oxygen atoms in total. The molecular formula is C9H7BrFNS. The molecule has 0 fully saturated rings. The quantitative estimate of drug-likeness (QED) is 0.710. The lowest BCUT2D eigenvalue weighted by Crippen LogP contribution is -2.14. The molecule has 0 spiro atoms. The number of rotatable bonds is 1. The third-order valence-corrected chi connectivity index (χ3v) is 3.52. The Morgan fingerprint density at radius 3 is 2.92 bits per heavy atom. The molecule has 0 saturated carbocycles. The third-order valence-electron chi connectivity index (χ3n) is 1.76. The molecule has 0 aromatic heterocycles. The first-order valence-electron chi connectivity index (χ1n) is 3.78. The van der Waals surface area contributed by atoms with Gasteiger partial charge in [0.2, 0.25) is 0 Å². The topological polar surface area (TPSA) is 3.24 Å². The summed E-state index contributed by atoms with van der Waals surface area (Å²) in [6.45, 7) is 0. The van der Waals surface area contributed by atoms with Crippen LogP contribution in [0.25, 0.3) is 0 Å². The minimum absolute atomic E-state index is 0.199. The van der Waals surface area contributed by atoms with Gasteiger partial charge in [-0.15, -0.1) is 11.8 Å². The molecule has 2 rings (SSSR count). The maximum absolute atomic E-state index is 12.9. The molecule has 1 heterocycles. The van der Waals surface area contributed by atoms with Crippen molar-refractivity contribution in [2.24, 2.45) is 0 Å². The lowest BCUT2D eigenvalue weighted by molar-refractivity contribution is 0.628. The predicted octanol–water partition coefficient (Wildman–Crippen LogP) is 3.53. The maximum atomic E-state index is 12.9. The molecule has 0 atom stereocenters. The lowest BCUT2D eigenvalue weighted by atomic mass is 10.3. The van der Waals surface area contributed by atoms with E-state index in [0.29, 0.717) is 0 Å². The van der Waals surface area contributed by atoms with Crippen LogP contribution in [0.3, 0.4) is 0 Å². The summed E-state index contributed by atoms with van der Waals surface area (Å²) >= 11 is 5.10. The van der Waals surface area contributed by atoms with Crippen LogP contribution in [-0.2, 0) is 0 Å². The van der Waals surface area contributed by atoms with Gasteiger partial charge in [0.1, 0.15) is 5.82 Å². The van der Waals surface area contributed by atoms with E-state index in [4.69, 9.17) is 0 Å². The molecule has 0 bridgehead atoms. The molecule has 0 aliphatic carbocycles. The molecule has 0 saturated heterocycles. The van der Waals surface area contributed by atoms with Crippen LogP contribution in [0, 0.1) is 5.82 Å². The van der Waals surface area contributed by atoms with Crippen LogP contribution in [0.5, 0.6) is 0 Å². The summed E-state index contributed by atoms with van der Waals surface area (Å²) in [6.07, 6.45) is 0. The molecule has 4 heteroatoms. The summed E-state index contributed by atoms with van der Waals surface area (Å²) in [4.78, 5) is 2.01. The molecule has 1 aliphatic heterocycles. The Balaban J connectivity index is 2.30. The number of nitrogens with zero attached hydrogens (tertiary/aromatic N) is 1. The lowest BCUT2D eigenvalue weighted by Gasteiger charge is -2.17. The van der Waals surface area contributed by atoms with E-state index < -0.39 is 0 Å². The third kappa shape index (κ3) is 1.89. The van der Waals surface area contributed by atoms with E-state index in [9.17, 15) is 4.39 Å². The van der Waals surface area contributed by atoms with Crippen molar-refractivity contribution >= 4 is 33.4 Å². The van der Waals surface area contributed by atoms with Crippen molar-refractivity contribution in [2.75, 3.05) is 10.8 Å². The standard InChI is InChI=1S/C9H7BrFNS/c10-9-5-13-6-12(9)8-3-1-2-7(11)4-8/h1-5H,6H2. The molecule has 0 radical (unpaired) electrons. The predicted molar refractivity (Wildman–Crippen MR) is 58.3 cm³/mol. The fourth-order valence-electron chi connectivity index (χ4n) is 1.15. The molecule has 68 valence electrons. The zero-order chi connectivity index (χ0) is 9.26. The molecular weight excluding hydrogens is 253 g/mol. The van der Waals surface area contributed by atoms with Gasteiger partial charge < -0.3 is 4.90 Å². The average molecular weight is 260 g/mol. The first kappa shape index (κ1) is 9.09. The van der Waals surface area contributed by atoms with Gasteiger partial charge in [0, 0.05) is 11.1 Å². The monoisotopic (exact) mass is 259 g/mol. The highest BCUT2D eigenvalue weighted by Gasteiger charge is 2.14. The Morgan fingerprint density at radius 1 is 1.46 bits per heavy atom. The van der Waals surface area contributed by atoms with Crippen LogP contribution in [-0.4, -0.2) is 5.88 Å². The zero-order valence-corrected chi connectivity index (χ0v) is 9.11. The van der Waals surface area contributed by atoms with Crippen LogP contribution in [0.2, 0.25) is 0 Å². The Bertz CT molecular complexity index is 353. The van der Waals surface area contributed by atoms with Gasteiger partial charge in [-0.05, 0) is 34.1 Å². The van der Waals surface area contributed by atoms with E-state index >= 15 is 0 Å². The van der Waals surface area contributed by atoms with E-state index in [1.165, 1.54) is 12.1 Å². The van der Waals surface area contributed by atoms with Gasteiger partial charge in [-0.1, -0.05) is 6.07 Å². The number of benzene rings is 1. The fraction of sp³-hybridized carbons (Fsp3) is 0.111. The Kier molecular flexibility index (Phi) is 2.60. The molecule has 0 N–H and O–H groups in total. The molecule has 0 amide bonds. The van der Waals surface area contributed by atoms with Crippen molar-refractivity contribution < 1.29 is 4.39 Å². The van der Waals surface area contributed by atoms with Crippen molar-refractivity contribution in [3.05, 3.63) is 40.1 Å². The second kappa shape index (κ2) is 3.72. The molecule has 1 aromatic rings. The summed E-state index contributed by atoms with van der Waals surface area (Å²) in [7, 11) is 0. The van der Waals surface area contributed by atoms with Crippen molar-refractivity contribution in [1.29, 1.82) is 0 Å². The summed E-state index contributed by atoms with van der Waals surface area (Å²) in [5.41, 5.74) is 0.883. The van der Waals surface area contributed by atoms with E-state index in [1.807, 2.05) is 16.4 Å². The fourth-order valence-corrected chi connectivity index (χ4v) is 2.82. The average Bonchev–Trinajstić information content (AvgIpc) is 2.51. The number of hydrogen-bond donors (Lipinski definition) is 0. The molecule has 13 heavy (non-hydrogen) atoms. The SMILES string of the molecule is Fc1cccc(N2CSC=C2Br)c1. The van der Waals surface area contributed by atoms with Crippen molar-refractivity contribution in [3.63, 3.8) is 0 Å². The Hall–Kier alpha value is -0.480. The summed E-state index contributed by atoms with van der Waals surface area (Å²) in [5.74, 6) is 0.638. The molecule has 1 aliphatic rings. The van der Waals surface area contributed by atoms with Crippen LogP contribution >= 0.6 is 27.7 Å². The van der Waals surface area contributed by atoms with Gasteiger partial charge >= 0.3 is 0 Å². The smallest absolute Gasteiger partial charge is 0.125 e. The van der Waals surface area contributed by atoms with E-state index in [-0.39, 0.29) is 5.82 Å². The largest absolute Gasteiger partial charge is 0.325 e. The zero-order valence-electron chi connectivity index (χ0n) is 6.71. The van der Waals surface area contributed by atoms with Gasteiger partial charge in [-0.25, -0.2) is 4.39 Å². The maximum Gasteiger partial charge on any atom is 0.125 e. The highest BCUT2D eigenvalue weighted by molar-refractivity contribution is 9.12. The molecule has 0 unspecified atom stereocenters. The van der Waals surface area contributed by atoms with E-state index in [0.717, 1.165) is 16.2 Å². The number of anilines is 1. The van der Waals surface area contributed by atoms with Gasteiger partial charge in [-0.3, -0.25) is 0 Å². The Morgan fingerprint density at radius 2 is 2.31 bits per heavy atom. The minimum Gasteiger partial charge on any atom is -0.325 e. The van der Waals surface area contributed by atoms with E-state index in [2.05, 4.69) is 15.9 Å². The normalized spacial score (nSPS) is 16.2. The van der Waals surface area contributed by atoms with Gasteiger partial charge in [0.05, 0.1) is 10.5 Å².